The highest BCUT2D eigenvalue weighted by atomic mass is 16.4. The van der Waals surface area contributed by atoms with Gasteiger partial charge in [-0.25, -0.2) is 0 Å². The fourth-order valence-electron chi connectivity index (χ4n) is 2.60. The summed E-state index contributed by atoms with van der Waals surface area (Å²) in [5, 5.41) is 11.8. The predicted octanol–water partition coefficient (Wildman–Crippen LogP) is 3.91. The van der Waals surface area contributed by atoms with Crippen molar-refractivity contribution in [3.63, 3.8) is 0 Å². The molecule has 24 heavy (non-hydrogen) atoms. The summed E-state index contributed by atoms with van der Waals surface area (Å²) in [4.78, 5) is 23.2. The van der Waals surface area contributed by atoms with Crippen LogP contribution >= 0.6 is 0 Å². The molecule has 1 unspecified atom stereocenters. The van der Waals surface area contributed by atoms with E-state index in [9.17, 15) is 9.59 Å². The number of carbonyl (C=O) groups is 2. The molecule has 0 heterocycles. The maximum Gasteiger partial charge on any atom is 0.307 e. The molecule has 0 aliphatic carbocycles. The monoisotopic (exact) mass is 325 g/mol. The molecule has 4 heteroatoms. The Labute approximate surface area is 142 Å². The predicted molar refractivity (Wildman–Crippen MR) is 95.0 cm³/mol. The molecule has 2 rings (SSSR count). The molecule has 0 radical (unpaired) electrons. The number of carboxylic acids is 1. The third kappa shape index (κ3) is 5.54. The van der Waals surface area contributed by atoms with Crippen LogP contribution in [0.25, 0.3) is 0 Å². The molecule has 2 N–H and O–H groups in total. The van der Waals surface area contributed by atoms with Crippen LogP contribution in [0, 0.1) is 5.92 Å². The lowest BCUT2D eigenvalue weighted by Gasteiger charge is -2.14. The van der Waals surface area contributed by atoms with Gasteiger partial charge in [0.1, 0.15) is 0 Å². The third-order valence-corrected chi connectivity index (χ3v) is 4.01. The molecule has 0 saturated heterocycles. The van der Waals surface area contributed by atoms with Gasteiger partial charge in [0.15, 0.2) is 0 Å². The summed E-state index contributed by atoms with van der Waals surface area (Å²) in [5.74, 6) is -1.10. The molecule has 0 saturated carbocycles. The Hall–Kier alpha value is -2.62. The lowest BCUT2D eigenvalue weighted by molar-refractivity contribution is -0.136. The lowest BCUT2D eigenvalue weighted by atomic mass is 10.00. The van der Waals surface area contributed by atoms with Gasteiger partial charge in [-0.3, -0.25) is 9.59 Å². The first-order chi connectivity index (χ1) is 11.6. The van der Waals surface area contributed by atoms with Gasteiger partial charge >= 0.3 is 5.97 Å². The first-order valence-corrected chi connectivity index (χ1v) is 8.20. The average Bonchev–Trinajstić information content (AvgIpc) is 2.57. The molecule has 0 aliphatic rings. The number of carbonyl (C=O) groups excluding carboxylic acids is 1. The van der Waals surface area contributed by atoms with E-state index >= 15 is 0 Å². The average molecular weight is 325 g/mol. The molecule has 2 aromatic carbocycles. The van der Waals surface area contributed by atoms with Gasteiger partial charge < -0.3 is 10.4 Å². The van der Waals surface area contributed by atoms with Crippen LogP contribution in [0.3, 0.4) is 0 Å². The molecule has 2 aromatic rings. The second-order valence-corrected chi connectivity index (χ2v) is 6.00. The van der Waals surface area contributed by atoms with Gasteiger partial charge in [-0.1, -0.05) is 55.5 Å². The smallest absolute Gasteiger partial charge is 0.307 e. The minimum atomic E-state index is -0.910. The quantitative estimate of drug-likeness (QED) is 0.773. The standard InChI is InChI=1S/C20H23NO3/c1-15(8-7-11-16-9-3-2-4-10-16)20(24)21-18-13-6-5-12-17(18)14-19(22)23/h2-6,9-10,12-13,15H,7-8,11,14H2,1H3,(H,21,24)(H,22,23). The second-order valence-electron chi connectivity index (χ2n) is 6.00. The molecule has 0 aromatic heterocycles. The summed E-state index contributed by atoms with van der Waals surface area (Å²) in [6.07, 6.45) is 2.59. The number of aryl methyl sites for hydroxylation is 1. The van der Waals surface area contributed by atoms with Crippen molar-refractivity contribution in [2.45, 2.75) is 32.6 Å². The van der Waals surface area contributed by atoms with E-state index in [-0.39, 0.29) is 18.2 Å². The minimum absolute atomic E-state index is 0.0686. The van der Waals surface area contributed by atoms with Gasteiger partial charge in [0.25, 0.3) is 0 Å². The van der Waals surface area contributed by atoms with Crippen LogP contribution in [0.4, 0.5) is 5.69 Å². The van der Waals surface area contributed by atoms with Crippen molar-refractivity contribution in [1.29, 1.82) is 0 Å². The molecule has 0 aliphatic heterocycles. The van der Waals surface area contributed by atoms with Crippen LogP contribution < -0.4 is 5.32 Å². The largest absolute Gasteiger partial charge is 0.481 e. The van der Waals surface area contributed by atoms with Gasteiger partial charge in [0.05, 0.1) is 6.42 Å². The zero-order chi connectivity index (χ0) is 17.4. The van der Waals surface area contributed by atoms with Gasteiger partial charge in [-0.15, -0.1) is 0 Å². The van der Waals surface area contributed by atoms with Crippen molar-refractivity contribution in [3.8, 4) is 0 Å². The van der Waals surface area contributed by atoms with Crippen LogP contribution in [-0.4, -0.2) is 17.0 Å². The number of rotatable bonds is 8. The van der Waals surface area contributed by atoms with Crippen LogP contribution in [0.1, 0.15) is 30.9 Å². The van der Waals surface area contributed by atoms with Gasteiger partial charge in [0, 0.05) is 11.6 Å². The summed E-state index contributed by atoms with van der Waals surface area (Å²) in [6.45, 7) is 1.90. The number of hydrogen-bond acceptors (Lipinski definition) is 2. The van der Waals surface area contributed by atoms with E-state index < -0.39 is 5.97 Å². The Morgan fingerprint density at radius 3 is 2.42 bits per heavy atom. The molecule has 0 bridgehead atoms. The Kier molecular flexibility index (Phi) is 6.55. The molecule has 126 valence electrons. The third-order valence-electron chi connectivity index (χ3n) is 4.01. The maximum atomic E-state index is 12.3. The number of nitrogens with one attached hydrogen (secondary N) is 1. The van der Waals surface area contributed by atoms with Crippen molar-refractivity contribution >= 4 is 17.6 Å². The Morgan fingerprint density at radius 2 is 1.71 bits per heavy atom. The first kappa shape index (κ1) is 17.7. The van der Waals surface area contributed by atoms with Crippen molar-refractivity contribution in [3.05, 3.63) is 65.7 Å². The molecule has 1 atom stereocenters. The SMILES string of the molecule is CC(CCCc1ccccc1)C(=O)Nc1ccccc1CC(=O)O. The van der Waals surface area contributed by atoms with E-state index in [0.29, 0.717) is 11.3 Å². The fourth-order valence-corrected chi connectivity index (χ4v) is 2.60. The number of carboxylic acid groups (broad SMARTS) is 1. The molecular weight excluding hydrogens is 302 g/mol. The van der Waals surface area contributed by atoms with E-state index in [0.717, 1.165) is 19.3 Å². The zero-order valence-corrected chi connectivity index (χ0v) is 13.9. The highest BCUT2D eigenvalue weighted by molar-refractivity contribution is 5.93. The number of aliphatic carboxylic acids is 1. The fraction of sp³-hybridized carbons (Fsp3) is 0.300. The highest BCUT2D eigenvalue weighted by Crippen LogP contribution is 2.18. The van der Waals surface area contributed by atoms with E-state index in [1.807, 2.05) is 25.1 Å². The normalized spacial score (nSPS) is 11.7. The zero-order valence-electron chi connectivity index (χ0n) is 13.9. The first-order valence-electron chi connectivity index (χ1n) is 8.20. The van der Waals surface area contributed by atoms with Gasteiger partial charge in [-0.2, -0.15) is 0 Å². The molecular formula is C20H23NO3. The Morgan fingerprint density at radius 1 is 1.04 bits per heavy atom. The van der Waals surface area contributed by atoms with Crippen LogP contribution in [0.5, 0.6) is 0 Å². The van der Waals surface area contributed by atoms with Crippen LogP contribution in [-0.2, 0) is 22.4 Å². The summed E-state index contributed by atoms with van der Waals surface area (Å²) in [5.41, 5.74) is 2.48. The topological polar surface area (TPSA) is 66.4 Å². The van der Waals surface area contributed by atoms with Gasteiger partial charge in [0.2, 0.25) is 5.91 Å². The highest BCUT2D eigenvalue weighted by Gasteiger charge is 2.15. The van der Waals surface area contributed by atoms with Crippen molar-refractivity contribution in [1.82, 2.24) is 0 Å². The van der Waals surface area contributed by atoms with Crippen molar-refractivity contribution < 1.29 is 14.7 Å². The summed E-state index contributed by atoms with van der Waals surface area (Å²) >= 11 is 0. The number of benzene rings is 2. The Bertz CT molecular complexity index is 682. The van der Waals surface area contributed by atoms with E-state index in [4.69, 9.17) is 5.11 Å². The number of hydrogen-bond donors (Lipinski definition) is 2. The van der Waals surface area contributed by atoms with Crippen LogP contribution in [0.15, 0.2) is 54.6 Å². The van der Waals surface area contributed by atoms with Gasteiger partial charge in [-0.05, 0) is 36.5 Å². The van der Waals surface area contributed by atoms with Crippen molar-refractivity contribution in [2.24, 2.45) is 5.92 Å². The lowest BCUT2D eigenvalue weighted by Crippen LogP contribution is -2.21. The van der Waals surface area contributed by atoms with E-state index in [1.165, 1.54) is 5.56 Å². The summed E-state index contributed by atoms with van der Waals surface area (Å²) < 4.78 is 0. The molecule has 0 fully saturated rings. The van der Waals surface area contributed by atoms with E-state index in [2.05, 4.69) is 17.4 Å². The van der Waals surface area contributed by atoms with E-state index in [1.54, 1.807) is 24.3 Å². The number of amides is 1. The second kappa shape index (κ2) is 8.87. The van der Waals surface area contributed by atoms with Crippen molar-refractivity contribution in [2.75, 3.05) is 5.32 Å². The number of para-hydroxylation sites is 1. The summed E-state index contributed by atoms with van der Waals surface area (Å²) in [6, 6.07) is 17.2. The summed E-state index contributed by atoms with van der Waals surface area (Å²) in [7, 11) is 0. The molecule has 0 spiro atoms. The Balaban J connectivity index is 1.86. The minimum Gasteiger partial charge on any atom is -0.481 e. The maximum absolute atomic E-state index is 12.3. The molecule has 4 nitrogen and oxygen atoms in total. The van der Waals surface area contributed by atoms with Crippen LogP contribution in [0.2, 0.25) is 0 Å². The number of anilines is 1. The molecule has 1 amide bonds.